The van der Waals surface area contributed by atoms with E-state index in [1.165, 1.54) is 0 Å². The molecule has 1 aromatic carbocycles. The molecule has 110 valence electrons. The minimum absolute atomic E-state index is 0.405. The van der Waals surface area contributed by atoms with E-state index in [0.717, 1.165) is 0 Å². The van der Waals surface area contributed by atoms with Crippen molar-refractivity contribution in [1.82, 2.24) is 9.78 Å². The van der Waals surface area contributed by atoms with E-state index in [0.29, 0.717) is 34.6 Å². The molecule has 21 heavy (non-hydrogen) atoms. The number of carbonyl (C=O) groups excluding carboxylic acids is 1. The largest absolute Gasteiger partial charge is 0.383 e. The number of rotatable bonds is 4. The fraction of sp³-hybridized carbons (Fsp3) is 0.286. The van der Waals surface area contributed by atoms with Crippen LogP contribution < -0.4 is 5.32 Å². The Bertz CT molecular complexity index is 701. The first-order valence-electron chi connectivity index (χ1n) is 6.43. The van der Waals surface area contributed by atoms with Crippen LogP contribution in [-0.2, 0) is 21.7 Å². The molecular formula is C14H14BrN3O3. The van der Waals surface area contributed by atoms with Crippen molar-refractivity contribution in [2.75, 3.05) is 19.0 Å². The van der Waals surface area contributed by atoms with E-state index in [2.05, 4.69) is 26.3 Å². The van der Waals surface area contributed by atoms with Crippen LogP contribution >= 0.6 is 15.9 Å². The first kappa shape index (κ1) is 14.2. The Hall–Kier alpha value is -1.70. The maximum atomic E-state index is 12.4. The Morgan fingerprint density at radius 1 is 1.48 bits per heavy atom. The number of ether oxygens (including phenoxy) is 1. The zero-order chi connectivity index (χ0) is 15.0. The summed E-state index contributed by atoms with van der Waals surface area (Å²) < 4.78 is 7.20. The van der Waals surface area contributed by atoms with Crippen LogP contribution in [0.2, 0.25) is 0 Å². The van der Waals surface area contributed by atoms with Crippen LogP contribution in [0, 0.1) is 0 Å². The maximum absolute atomic E-state index is 12.4. The number of carbonyl (C=O) groups is 1. The number of benzene rings is 1. The van der Waals surface area contributed by atoms with Crippen molar-refractivity contribution in [3.63, 3.8) is 0 Å². The van der Waals surface area contributed by atoms with Gasteiger partial charge in [0.05, 0.1) is 29.5 Å². The van der Waals surface area contributed by atoms with E-state index >= 15 is 0 Å². The number of nitrogens with one attached hydrogen (secondary N) is 1. The third-order valence-corrected chi connectivity index (χ3v) is 4.12. The first-order valence-corrected chi connectivity index (χ1v) is 7.22. The minimum atomic E-state index is -1.76. The Labute approximate surface area is 129 Å². The summed E-state index contributed by atoms with van der Waals surface area (Å²) in [7, 11) is 1.59. The van der Waals surface area contributed by atoms with Gasteiger partial charge in [0.2, 0.25) is 5.60 Å². The quantitative estimate of drug-likeness (QED) is 0.874. The Morgan fingerprint density at radius 2 is 2.24 bits per heavy atom. The average molecular weight is 352 g/mol. The second kappa shape index (κ2) is 5.25. The number of amides is 1. The van der Waals surface area contributed by atoms with Crippen molar-refractivity contribution in [2.45, 2.75) is 12.1 Å². The second-order valence-electron chi connectivity index (χ2n) is 4.77. The third kappa shape index (κ3) is 2.08. The van der Waals surface area contributed by atoms with Gasteiger partial charge in [-0.15, -0.1) is 0 Å². The predicted molar refractivity (Wildman–Crippen MR) is 79.9 cm³/mol. The summed E-state index contributed by atoms with van der Waals surface area (Å²) in [6.45, 7) is 0.871. The van der Waals surface area contributed by atoms with Crippen LogP contribution in [0.4, 0.5) is 5.69 Å². The summed E-state index contributed by atoms with van der Waals surface area (Å²) in [5.74, 6) is -0.483. The summed E-state index contributed by atoms with van der Waals surface area (Å²) >= 11 is 3.37. The molecular weight excluding hydrogens is 338 g/mol. The molecule has 7 heteroatoms. The molecule has 1 unspecified atom stereocenters. The maximum Gasteiger partial charge on any atom is 0.267 e. The molecule has 1 aliphatic rings. The van der Waals surface area contributed by atoms with Crippen molar-refractivity contribution in [3.05, 3.63) is 46.2 Å². The molecule has 0 saturated carbocycles. The number of methoxy groups -OCH3 is 1. The highest BCUT2D eigenvalue weighted by Gasteiger charge is 2.50. The van der Waals surface area contributed by atoms with Gasteiger partial charge >= 0.3 is 0 Å². The van der Waals surface area contributed by atoms with E-state index in [4.69, 9.17) is 4.74 Å². The number of hydrogen-bond donors (Lipinski definition) is 2. The molecule has 3 rings (SSSR count). The van der Waals surface area contributed by atoms with Gasteiger partial charge in [-0.25, -0.2) is 0 Å². The standard InChI is InChI=1S/C14H14BrN3O3/c1-21-7-6-18-12(10(15)8-16-18)14(20)9-4-2-3-5-11(9)17-13(14)19/h2-5,8,20H,6-7H2,1H3,(H,17,19). The van der Waals surface area contributed by atoms with Crippen LogP contribution in [-0.4, -0.2) is 34.5 Å². The lowest BCUT2D eigenvalue weighted by atomic mass is 9.91. The molecule has 6 nitrogen and oxygen atoms in total. The molecule has 2 aromatic rings. The number of hydrogen-bond acceptors (Lipinski definition) is 4. The number of aromatic nitrogens is 2. The molecule has 0 bridgehead atoms. The fourth-order valence-electron chi connectivity index (χ4n) is 2.55. The van der Waals surface area contributed by atoms with Crippen molar-refractivity contribution in [3.8, 4) is 0 Å². The van der Waals surface area contributed by atoms with Gasteiger partial charge in [-0.2, -0.15) is 5.10 Å². The number of anilines is 1. The first-order chi connectivity index (χ1) is 10.1. The zero-order valence-electron chi connectivity index (χ0n) is 11.3. The number of nitrogens with zero attached hydrogens (tertiary/aromatic N) is 2. The summed E-state index contributed by atoms with van der Waals surface area (Å²) in [6, 6.07) is 7.08. The van der Waals surface area contributed by atoms with Crippen LogP contribution in [0.5, 0.6) is 0 Å². The number of fused-ring (bicyclic) bond motifs is 1. The SMILES string of the molecule is COCCn1ncc(Br)c1C1(O)C(=O)Nc2ccccc21. The van der Waals surface area contributed by atoms with Gasteiger partial charge in [-0.1, -0.05) is 18.2 Å². The Kier molecular flexibility index (Phi) is 3.56. The van der Waals surface area contributed by atoms with Crippen LogP contribution in [0.15, 0.2) is 34.9 Å². The monoisotopic (exact) mass is 351 g/mol. The number of para-hydroxylation sites is 1. The normalized spacial score (nSPS) is 20.4. The van der Waals surface area contributed by atoms with Gasteiger partial charge in [0.25, 0.3) is 5.91 Å². The molecule has 2 N–H and O–H groups in total. The highest BCUT2D eigenvalue weighted by atomic mass is 79.9. The predicted octanol–water partition coefficient (Wildman–Crippen LogP) is 1.48. The molecule has 0 aliphatic carbocycles. The lowest BCUT2D eigenvalue weighted by molar-refractivity contribution is -0.130. The van der Waals surface area contributed by atoms with Crippen LogP contribution in [0.3, 0.4) is 0 Å². The Balaban J connectivity index is 2.15. The summed E-state index contributed by atoms with van der Waals surface area (Å²) in [5.41, 5.74) is -0.229. The lowest BCUT2D eigenvalue weighted by Gasteiger charge is -2.23. The van der Waals surface area contributed by atoms with Gasteiger partial charge in [0.15, 0.2) is 0 Å². The number of aliphatic hydroxyl groups is 1. The van der Waals surface area contributed by atoms with Gasteiger partial charge < -0.3 is 15.2 Å². The van der Waals surface area contributed by atoms with Gasteiger partial charge in [0.1, 0.15) is 0 Å². The van der Waals surface area contributed by atoms with Crippen molar-refractivity contribution in [1.29, 1.82) is 0 Å². The average Bonchev–Trinajstić information content (AvgIpc) is 2.97. The highest BCUT2D eigenvalue weighted by molar-refractivity contribution is 9.10. The summed E-state index contributed by atoms with van der Waals surface area (Å²) in [5, 5.41) is 18.0. The van der Waals surface area contributed by atoms with E-state index in [1.54, 1.807) is 36.2 Å². The lowest BCUT2D eigenvalue weighted by Crippen LogP contribution is -2.38. The van der Waals surface area contributed by atoms with Gasteiger partial charge in [-0.3, -0.25) is 9.48 Å². The molecule has 0 spiro atoms. The van der Waals surface area contributed by atoms with Gasteiger partial charge in [-0.05, 0) is 22.0 Å². The van der Waals surface area contributed by atoms with Crippen LogP contribution in [0.1, 0.15) is 11.3 Å². The highest BCUT2D eigenvalue weighted by Crippen LogP contribution is 2.42. The molecule has 0 radical (unpaired) electrons. The van der Waals surface area contributed by atoms with Crippen molar-refractivity contribution in [2.24, 2.45) is 0 Å². The zero-order valence-corrected chi connectivity index (χ0v) is 12.9. The summed E-state index contributed by atoms with van der Waals surface area (Å²) in [4.78, 5) is 12.4. The summed E-state index contributed by atoms with van der Waals surface area (Å²) in [6.07, 6.45) is 1.57. The molecule has 2 heterocycles. The molecule has 1 aromatic heterocycles. The third-order valence-electron chi connectivity index (χ3n) is 3.54. The van der Waals surface area contributed by atoms with E-state index in [9.17, 15) is 9.90 Å². The van der Waals surface area contributed by atoms with E-state index in [1.807, 2.05) is 6.07 Å². The van der Waals surface area contributed by atoms with Crippen LogP contribution in [0.25, 0.3) is 0 Å². The Morgan fingerprint density at radius 3 is 3.00 bits per heavy atom. The van der Waals surface area contributed by atoms with Gasteiger partial charge in [0, 0.05) is 18.4 Å². The van der Waals surface area contributed by atoms with Crippen molar-refractivity contribution < 1.29 is 14.6 Å². The molecule has 1 aliphatic heterocycles. The molecule has 0 fully saturated rings. The number of halogens is 1. The van der Waals surface area contributed by atoms with Crippen molar-refractivity contribution >= 4 is 27.5 Å². The molecule has 0 saturated heterocycles. The van der Waals surface area contributed by atoms with E-state index in [-0.39, 0.29) is 0 Å². The molecule has 1 atom stereocenters. The second-order valence-corrected chi connectivity index (χ2v) is 5.62. The topological polar surface area (TPSA) is 76.4 Å². The fourth-order valence-corrected chi connectivity index (χ4v) is 3.13. The van der Waals surface area contributed by atoms with E-state index < -0.39 is 11.5 Å². The smallest absolute Gasteiger partial charge is 0.267 e. The minimum Gasteiger partial charge on any atom is -0.383 e. The molecule has 1 amide bonds.